The van der Waals surface area contributed by atoms with Crippen LogP contribution in [0.5, 0.6) is 0 Å². The predicted octanol–water partition coefficient (Wildman–Crippen LogP) is 3.54. The van der Waals surface area contributed by atoms with Crippen LogP contribution in [0.1, 0.15) is 80.6 Å². The molecule has 15 nitrogen and oxygen atoms in total. The molecule has 6 heterocycles. The van der Waals surface area contributed by atoms with E-state index < -0.39 is 114 Å². The minimum absolute atomic E-state index is 0.00632. The van der Waals surface area contributed by atoms with Crippen LogP contribution < -0.4 is 0 Å². The SMILES string of the molecule is CO[C@H]1C[C@H](O[C@H]2[C@H](C)O[C@@H](O[C@@H]3/C(C)=C/C[C@@H]4C[C@@H](C[C@]5(CS(=O)C[C@@H](C(C)C)O5)O4)OC(=O)[C@@H]4C=C(C)[C@@H](O)[C@H]5OC/C(=C\C=C\[C@@H]3C)[C@]54O)C[C@@H]2OC)O[C@@H](C)[C@@H]1O. The third-order valence-corrected chi connectivity index (χ3v) is 15.1. The highest BCUT2D eigenvalue weighted by Gasteiger charge is 2.60. The molecule has 7 aliphatic rings. The van der Waals surface area contributed by atoms with E-state index in [4.69, 9.17) is 47.4 Å². The largest absolute Gasteiger partial charge is 0.462 e. The molecular weight excluding hydrogens is 813 g/mol. The number of carbonyl (C=O) groups is 1. The lowest BCUT2D eigenvalue weighted by Gasteiger charge is -2.48. The average Bonchev–Trinajstić information content (AvgIpc) is 3.54. The second-order valence-electron chi connectivity index (χ2n) is 18.5. The number of hydrogen-bond donors (Lipinski definition) is 3. The molecule has 16 heteroatoms. The normalized spacial score (nSPS) is 49.6. The molecule has 1 spiro atoms. The highest BCUT2D eigenvalue weighted by Crippen LogP contribution is 2.47. The average molecular weight is 881 g/mol. The van der Waals surface area contributed by atoms with E-state index in [1.54, 1.807) is 40.2 Å². The minimum atomic E-state index is -1.87. The van der Waals surface area contributed by atoms with Gasteiger partial charge in [0.15, 0.2) is 18.4 Å². The van der Waals surface area contributed by atoms with Crippen molar-refractivity contribution in [1.82, 2.24) is 0 Å². The van der Waals surface area contributed by atoms with Crippen LogP contribution in [0.2, 0.25) is 0 Å². The summed E-state index contributed by atoms with van der Waals surface area (Å²) in [6, 6.07) is 0. The molecule has 344 valence electrons. The number of ether oxygens (including phenoxy) is 10. The Bertz CT molecular complexity index is 1720. The number of methoxy groups -OCH3 is 2. The van der Waals surface area contributed by atoms with Crippen molar-refractivity contribution in [2.75, 3.05) is 32.3 Å². The van der Waals surface area contributed by atoms with E-state index in [0.717, 1.165) is 5.57 Å². The fourth-order valence-corrected chi connectivity index (χ4v) is 11.8. The van der Waals surface area contributed by atoms with Crippen molar-refractivity contribution in [3.05, 3.63) is 47.1 Å². The van der Waals surface area contributed by atoms with E-state index in [0.29, 0.717) is 42.6 Å². The van der Waals surface area contributed by atoms with Crippen LogP contribution in [0.15, 0.2) is 47.1 Å². The van der Waals surface area contributed by atoms with Gasteiger partial charge < -0.3 is 62.7 Å². The Morgan fingerprint density at radius 2 is 1.62 bits per heavy atom. The van der Waals surface area contributed by atoms with Crippen LogP contribution in [0.25, 0.3) is 0 Å². The van der Waals surface area contributed by atoms with E-state index in [1.165, 1.54) is 0 Å². The molecule has 2 bridgehead atoms. The van der Waals surface area contributed by atoms with Crippen LogP contribution in [0.3, 0.4) is 0 Å². The smallest absolute Gasteiger partial charge is 0.316 e. The van der Waals surface area contributed by atoms with Crippen LogP contribution in [0.4, 0.5) is 0 Å². The topological polar surface area (TPSA) is 187 Å². The molecule has 5 saturated heterocycles. The maximum atomic E-state index is 14.3. The number of aliphatic hydroxyl groups excluding tert-OH is 2. The summed E-state index contributed by atoms with van der Waals surface area (Å²) in [6.45, 7) is 13.5. The van der Waals surface area contributed by atoms with E-state index in [2.05, 4.69) is 6.08 Å². The fraction of sp³-hybridized carbons (Fsp3) is 0.800. The monoisotopic (exact) mass is 880 g/mol. The maximum absolute atomic E-state index is 14.3. The van der Waals surface area contributed by atoms with Gasteiger partial charge in [0.05, 0.1) is 60.8 Å². The summed E-state index contributed by atoms with van der Waals surface area (Å²) in [6.07, 6.45) is 2.42. The zero-order valence-electron chi connectivity index (χ0n) is 37.0. The van der Waals surface area contributed by atoms with Gasteiger partial charge in [-0.15, -0.1) is 0 Å². The minimum Gasteiger partial charge on any atom is -0.462 e. The summed E-state index contributed by atoms with van der Waals surface area (Å²) in [5, 5.41) is 34.1. The van der Waals surface area contributed by atoms with E-state index in [1.807, 2.05) is 46.8 Å². The molecule has 5 fully saturated rings. The molecular formula is C45H68O15S. The summed E-state index contributed by atoms with van der Waals surface area (Å²) in [5.74, 6) is -2.64. The Morgan fingerprint density at radius 1 is 0.918 bits per heavy atom. The summed E-state index contributed by atoms with van der Waals surface area (Å²) < 4.78 is 76.4. The quantitative estimate of drug-likeness (QED) is 0.249. The van der Waals surface area contributed by atoms with Gasteiger partial charge >= 0.3 is 5.97 Å². The second kappa shape index (κ2) is 19.3. The Hall–Kier alpha value is -1.90. The predicted molar refractivity (Wildman–Crippen MR) is 222 cm³/mol. The molecule has 0 aromatic rings. The Morgan fingerprint density at radius 3 is 2.34 bits per heavy atom. The van der Waals surface area contributed by atoms with E-state index >= 15 is 0 Å². The van der Waals surface area contributed by atoms with E-state index in [9.17, 15) is 24.3 Å². The van der Waals surface area contributed by atoms with Crippen molar-refractivity contribution in [2.24, 2.45) is 17.8 Å². The number of hydrogen-bond acceptors (Lipinski definition) is 15. The first-order valence-electron chi connectivity index (χ1n) is 22.0. The van der Waals surface area contributed by atoms with Crippen molar-refractivity contribution < 1.29 is 71.7 Å². The fourth-order valence-electron chi connectivity index (χ4n) is 10.1. The van der Waals surface area contributed by atoms with Gasteiger partial charge in [0.25, 0.3) is 0 Å². The van der Waals surface area contributed by atoms with Crippen molar-refractivity contribution in [2.45, 2.75) is 178 Å². The molecule has 1 aliphatic carbocycles. The van der Waals surface area contributed by atoms with Crippen molar-refractivity contribution >= 4 is 16.8 Å². The van der Waals surface area contributed by atoms with Crippen LogP contribution >= 0.6 is 0 Å². The molecule has 3 N–H and O–H groups in total. The van der Waals surface area contributed by atoms with Gasteiger partial charge in [0.1, 0.15) is 42.0 Å². The van der Waals surface area contributed by atoms with Gasteiger partial charge in [-0.05, 0) is 56.8 Å². The summed E-state index contributed by atoms with van der Waals surface area (Å²) in [5.41, 5.74) is -0.00667. The van der Waals surface area contributed by atoms with Crippen LogP contribution in [-0.2, 0) is 63.0 Å². The van der Waals surface area contributed by atoms with Gasteiger partial charge in [-0.2, -0.15) is 0 Å². The first-order chi connectivity index (χ1) is 28.9. The van der Waals surface area contributed by atoms with Gasteiger partial charge in [-0.1, -0.05) is 51.2 Å². The first-order valence-corrected chi connectivity index (χ1v) is 23.4. The molecule has 0 saturated carbocycles. The van der Waals surface area contributed by atoms with Gasteiger partial charge in [0.2, 0.25) is 0 Å². The molecule has 61 heavy (non-hydrogen) atoms. The summed E-state index contributed by atoms with van der Waals surface area (Å²) in [7, 11) is 1.96. The van der Waals surface area contributed by atoms with Gasteiger partial charge in [-0.3, -0.25) is 9.00 Å². The van der Waals surface area contributed by atoms with Crippen LogP contribution in [-0.4, -0.2) is 155 Å². The zero-order valence-corrected chi connectivity index (χ0v) is 37.8. The molecule has 19 atom stereocenters. The van der Waals surface area contributed by atoms with Gasteiger partial charge in [0, 0.05) is 56.6 Å². The van der Waals surface area contributed by atoms with E-state index in [-0.39, 0.29) is 36.7 Å². The maximum Gasteiger partial charge on any atom is 0.316 e. The highest BCUT2D eigenvalue weighted by atomic mass is 32.2. The third-order valence-electron chi connectivity index (χ3n) is 13.7. The number of carbonyl (C=O) groups excluding carboxylic acids is 1. The molecule has 0 aromatic heterocycles. The van der Waals surface area contributed by atoms with Crippen molar-refractivity contribution in [1.29, 1.82) is 0 Å². The lowest BCUT2D eigenvalue weighted by Crippen LogP contribution is -2.59. The lowest BCUT2D eigenvalue weighted by molar-refractivity contribution is -0.318. The Labute approximate surface area is 362 Å². The molecule has 6 aliphatic heterocycles. The Kier molecular flexibility index (Phi) is 14.9. The van der Waals surface area contributed by atoms with Gasteiger partial charge in [-0.25, -0.2) is 0 Å². The first kappa shape index (κ1) is 47.1. The lowest BCUT2D eigenvalue weighted by atomic mass is 9.71. The Balaban J connectivity index is 1.18. The number of esters is 1. The number of rotatable bonds is 7. The molecule has 1 unspecified atom stereocenters. The summed E-state index contributed by atoms with van der Waals surface area (Å²) in [4.78, 5) is 14.3. The standard InChI is InChI=1S/C45H68O15S/c1-23(2)35-21-61(50)22-44(60-35)19-31-16-30(59-44)14-13-25(4)40(24(3)11-10-12-29-20-53-42-38(46)26(5)15-32(43(48)56-31)45(29,42)49)57-37-18-34(52-9)41(28(7)55-37)58-36-17-33(51-8)39(47)27(6)54-36/h10-13,15,23-24,27-28,30-42,46-47,49H,14,16-22H2,1-9H3/b11-10+,25-13+,29-12+/t24-,27-,28-,30+,31-,32-,33-,34-,35-,36-,37-,38+,39-,40-,41-,42+,44-,45+,61?/m0/s1. The van der Waals surface area contributed by atoms with Crippen LogP contribution in [0, 0.1) is 17.8 Å². The highest BCUT2D eigenvalue weighted by molar-refractivity contribution is 7.85. The second-order valence-corrected chi connectivity index (χ2v) is 20.0. The molecule has 0 radical (unpaired) electrons. The number of fused-ring (bicyclic) bond motifs is 2. The third kappa shape index (κ3) is 9.87. The number of aliphatic hydroxyl groups is 3. The molecule has 7 rings (SSSR count). The van der Waals surface area contributed by atoms with Crippen molar-refractivity contribution in [3.8, 4) is 0 Å². The summed E-state index contributed by atoms with van der Waals surface area (Å²) >= 11 is 0. The molecule has 0 aromatic carbocycles. The molecule has 0 amide bonds. The zero-order chi connectivity index (χ0) is 44.0. The number of allylic oxidation sites excluding steroid dienone is 2. The van der Waals surface area contributed by atoms with Crippen molar-refractivity contribution in [3.63, 3.8) is 0 Å².